The normalized spacial score (nSPS) is 24.1. The summed E-state index contributed by atoms with van der Waals surface area (Å²) in [6.07, 6.45) is 5.80. The molecule has 3 nitrogen and oxygen atoms in total. The first-order chi connectivity index (χ1) is 6.86. The van der Waals surface area contributed by atoms with Crippen LogP contribution in [0.2, 0.25) is 0 Å². The molecule has 1 aliphatic carbocycles. The topological polar surface area (TPSA) is 32.3 Å². The lowest BCUT2D eigenvalue weighted by molar-refractivity contribution is -0.132. The van der Waals surface area contributed by atoms with E-state index in [2.05, 4.69) is 5.32 Å². The van der Waals surface area contributed by atoms with E-state index in [1.807, 2.05) is 4.90 Å². The van der Waals surface area contributed by atoms with Gasteiger partial charge in [-0.05, 0) is 31.7 Å². The van der Waals surface area contributed by atoms with Gasteiger partial charge < -0.3 is 10.2 Å². The SMILES string of the molecule is O=C(CC1CCC1)N1CCCNCC1. The lowest BCUT2D eigenvalue weighted by Gasteiger charge is -2.28. The first kappa shape index (κ1) is 9.97. The molecule has 0 radical (unpaired) electrons. The number of hydrogen-bond acceptors (Lipinski definition) is 2. The third-order valence-corrected chi connectivity index (χ3v) is 3.38. The van der Waals surface area contributed by atoms with Crippen molar-refractivity contribution in [3.8, 4) is 0 Å². The fraction of sp³-hybridized carbons (Fsp3) is 0.909. The van der Waals surface area contributed by atoms with Crippen LogP contribution < -0.4 is 5.32 Å². The molecular formula is C11H20N2O. The van der Waals surface area contributed by atoms with Gasteiger partial charge in [-0.2, -0.15) is 0 Å². The summed E-state index contributed by atoms with van der Waals surface area (Å²) in [6.45, 7) is 3.90. The second-order valence-corrected chi connectivity index (χ2v) is 4.49. The highest BCUT2D eigenvalue weighted by molar-refractivity contribution is 5.76. The average Bonchev–Trinajstić information content (AvgIpc) is 2.38. The third kappa shape index (κ3) is 2.47. The van der Waals surface area contributed by atoms with Crippen molar-refractivity contribution in [1.82, 2.24) is 10.2 Å². The molecule has 1 saturated carbocycles. The van der Waals surface area contributed by atoms with Crippen LogP contribution in [0, 0.1) is 5.92 Å². The van der Waals surface area contributed by atoms with Crippen molar-refractivity contribution < 1.29 is 4.79 Å². The fourth-order valence-electron chi connectivity index (χ4n) is 2.17. The highest BCUT2D eigenvalue weighted by atomic mass is 16.2. The van der Waals surface area contributed by atoms with Gasteiger partial charge in [-0.15, -0.1) is 0 Å². The minimum absolute atomic E-state index is 0.387. The lowest BCUT2D eigenvalue weighted by atomic mass is 9.82. The highest BCUT2D eigenvalue weighted by Crippen LogP contribution is 2.29. The van der Waals surface area contributed by atoms with Gasteiger partial charge in [0.05, 0.1) is 0 Å². The Morgan fingerprint density at radius 2 is 2.07 bits per heavy atom. The van der Waals surface area contributed by atoms with Crippen LogP contribution in [-0.4, -0.2) is 37.0 Å². The molecule has 0 bridgehead atoms. The summed E-state index contributed by atoms with van der Waals surface area (Å²) in [7, 11) is 0. The van der Waals surface area contributed by atoms with E-state index in [1.54, 1.807) is 0 Å². The van der Waals surface area contributed by atoms with E-state index in [4.69, 9.17) is 0 Å². The molecule has 80 valence electrons. The summed E-state index contributed by atoms with van der Waals surface area (Å²) >= 11 is 0. The predicted octanol–water partition coefficient (Wildman–Crippen LogP) is 0.998. The Morgan fingerprint density at radius 3 is 2.79 bits per heavy atom. The van der Waals surface area contributed by atoms with E-state index in [0.29, 0.717) is 11.8 Å². The van der Waals surface area contributed by atoms with Crippen molar-refractivity contribution in [3.05, 3.63) is 0 Å². The summed E-state index contributed by atoms with van der Waals surface area (Å²) in [6, 6.07) is 0. The van der Waals surface area contributed by atoms with Crippen LogP contribution in [0.3, 0.4) is 0 Å². The minimum Gasteiger partial charge on any atom is -0.341 e. The van der Waals surface area contributed by atoms with Crippen LogP contribution in [0.1, 0.15) is 32.1 Å². The zero-order valence-electron chi connectivity index (χ0n) is 8.80. The molecule has 1 N–H and O–H groups in total. The summed E-state index contributed by atoms with van der Waals surface area (Å²) in [5.74, 6) is 1.09. The van der Waals surface area contributed by atoms with Gasteiger partial charge in [-0.25, -0.2) is 0 Å². The smallest absolute Gasteiger partial charge is 0.222 e. The lowest BCUT2D eigenvalue weighted by Crippen LogP contribution is -2.36. The maximum absolute atomic E-state index is 11.9. The molecule has 1 saturated heterocycles. The zero-order chi connectivity index (χ0) is 9.80. The molecule has 3 heteroatoms. The van der Waals surface area contributed by atoms with Crippen molar-refractivity contribution >= 4 is 5.91 Å². The zero-order valence-corrected chi connectivity index (χ0v) is 8.80. The Morgan fingerprint density at radius 1 is 1.21 bits per heavy atom. The number of rotatable bonds is 2. The molecular weight excluding hydrogens is 176 g/mol. The summed E-state index contributed by atoms with van der Waals surface area (Å²) in [5.41, 5.74) is 0. The predicted molar refractivity (Wildman–Crippen MR) is 56.0 cm³/mol. The fourth-order valence-corrected chi connectivity index (χ4v) is 2.17. The van der Waals surface area contributed by atoms with Gasteiger partial charge in [0, 0.05) is 26.1 Å². The van der Waals surface area contributed by atoms with Gasteiger partial charge in [0.2, 0.25) is 5.91 Å². The van der Waals surface area contributed by atoms with E-state index in [1.165, 1.54) is 19.3 Å². The van der Waals surface area contributed by atoms with Crippen molar-refractivity contribution in [2.24, 2.45) is 5.92 Å². The molecule has 0 aromatic rings. The van der Waals surface area contributed by atoms with Crippen LogP contribution in [0.25, 0.3) is 0 Å². The number of carbonyl (C=O) groups excluding carboxylic acids is 1. The van der Waals surface area contributed by atoms with Gasteiger partial charge in [0.25, 0.3) is 0 Å². The Hall–Kier alpha value is -0.570. The van der Waals surface area contributed by atoms with E-state index in [-0.39, 0.29) is 0 Å². The maximum atomic E-state index is 11.9. The number of amides is 1. The molecule has 1 aliphatic heterocycles. The Bertz CT molecular complexity index is 193. The van der Waals surface area contributed by atoms with Gasteiger partial charge in [-0.1, -0.05) is 6.42 Å². The van der Waals surface area contributed by atoms with Gasteiger partial charge >= 0.3 is 0 Å². The maximum Gasteiger partial charge on any atom is 0.222 e. The van der Waals surface area contributed by atoms with Gasteiger partial charge in [0.15, 0.2) is 0 Å². The third-order valence-electron chi connectivity index (χ3n) is 3.38. The van der Waals surface area contributed by atoms with Crippen LogP contribution >= 0.6 is 0 Å². The van der Waals surface area contributed by atoms with Gasteiger partial charge in [0.1, 0.15) is 0 Å². The van der Waals surface area contributed by atoms with Crippen LogP contribution in [0.15, 0.2) is 0 Å². The van der Waals surface area contributed by atoms with Crippen molar-refractivity contribution in [1.29, 1.82) is 0 Å². The van der Waals surface area contributed by atoms with E-state index in [0.717, 1.165) is 39.0 Å². The Labute approximate surface area is 85.8 Å². The van der Waals surface area contributed by atoms with Crippen LogP contribution in [0.4, 0.5) is 0 Å². The molecule has 2 fully saturated rings. The summed E-state index contributed by atoms with van der Waals surface area (Å²) < 4.78 is 0. The summed E-state index contributed by atoms with van der Waals surface area (Å²) in [4.78, 5) is 13.9. The molecule has 0 aromatic carbocycles. The van der Waals surface area contributed by atoms with Crippen molar-refractivity contribution in [2.75, 3.05) is 26.2 Å². The van der Waals surface area contributed by atoms with Crippen LogP contribution in [-0.2, 0) is 4.79 Å². The van der Waals surface area contributed by atoms with Gasteiger partial charge in [-0.3, -0.25) is 4.79 Å². The average molecular weight is 196 g/mol. The van der Waals surface area contributed by atoms with Crippen LogP contribution in [0.5, 0.6) is 0 Å². The molecule has 1 heterocycles. The number of nitrogens with one attached hydrogen (secondary N) is 1. The Balaban J connectivity index is 1.76. The standard InChI is InChI=1S/C11H20N2O/c14-11(9-10-3-1-4-10)13-7-2-5-12-6-8-13/h10,12H,1-9H2. The van der Waals surface area contributed by atoms with E-state index in [9.17, 15) is 4.79 Å². The monoisotopic (exact) mass is 196 g/mol. The molecule has 0 aromatic heterocycles. The minimum atomic E-state index is 0.387. The molecule has 0 spiro atoms. The van der Waals surface area contributed by atoms with E-state index < -0.39 is 0 Å². The first-order valence-corrected chi connectivity index (χ1v) is 5.85. The van der Waals surface area contributed by atoms with Crippen molar-refractivity contribution in [2.45, 2.75) is 32.1 Å². The molecule has 0 unspecified atom stereocenters. The highest BCUT2D eigenvalue weighted by Gasteiger charge is 2.23. The first-order valence-electron chi connectivity index (χ1n) is 5.85. The number of carbonyl (C=O) groups is 1. The second-order valence-electron chi connectivity index (χ2n) is 4.49. The second kappa shape index (κ2) is 4.78. The molecule has 1 amide bonds. The molecule has 14 heavy (non-hydrogen) atoms. The van der Waals surface area contributed by atoms with Crippen molar-refractivity contribution in [3.63, 3.8) is 0 Å². The van der Waals surface area contributed by atoms with E-state index >= 15 is 0 Å². The molecule has 2 rings (SSSR count). The largest absolute Gasteiger partial charge is 0.341 e. The molecule has 2 aliphatic rings. The number of nitrogens with zero attached hydrogens (tertiary/aromatic N) is 1. The summed E-state index contributed by atoms with van der Waals surface area (Å²) in [5, 5.41) is 3.32. The number of hydrogen-bond donors (Lipinski definition) is 1. The Kier molecular flexibility index (Phi) is 3.40. The molecule has 0 atom stereocenters. The quantitative estimate of drug-likeness (QED) is 0.714.